The summed E-state index contributed by atoms with van der Waals surface area (Å²) in [5.41, 5.74) is 0.367. The van der Waals surface area contributed by atoms with Gasteiger partial charge in [0.1, 0.15) is 18.0 Å². The van der Waals surface area contributed by atoms with Gasteiger partial charge in [-0.25, -0.2) is 0 Å². The minimum atomic E-state index is -0.0202. The lowest BCUT2D eigenvalue weighted by Crippen LogP contribution is -2.00. The Kier molecular flexibility index (Phi) is 3.22. The second-order valence-corrected chi connectivity index (χ2v) is 2.16. The maximum atomic E-state index is 10.0. The fourth-order valence-corrected chi connectivity index (χ4v) is 0.767. The molecule has 1 aromatic rings. The first-order chi connectivity index (χ1) is 5.86. The first kappa shape index (κ1) is 8.67. The quantitative estimate of drug-likeness (QED) is 0.690. The van der Waals surface area contributed by atoms with Crippen molar-refractivity contribution in [3.05, 3.63) is 29.2 Å². The van der Waals surface area contributed by atoms with Gasteiger partial charge in [0.15, 0.2) is 0 Å². The van der Waals surface area contributed by atoms with Crippen LogP contribution in [0.5, 0.6) is 5.75 Å². The maximum Gasteiger partial charge on any atom is 0.119 e. The van der Waals surface area contributed by atoms with E-state index >= 15 is 0 Å². The molecule has 1 aromatic carbocycles. The van der Waals surface area contributed by atoms with Crippen LogP contribution in [0.2, 0.25) is 0 Å². The fraction of sp³-hybridized carbons (Fsp3) is 0.250. The molecule has 1 rings (SSSR count). The van der Waals surface area contributed by atoms with Crippen LogP contribution in [0.25, 0.3) is 0 Å². The Hall–Kier alpha value is -1.42. The van der Waals surface area contributed by atoms with E-state index in [4.69, 9.17) is 9.84 Å². The summed E-state index contributed by atoms with van der Waals surface area (Å²) >= 11 is 0. The van der Waals surface area contributed by atoms with Crippen LogP contribution in [-0.4, -0.2) is 18.3 Å². The van der Waals surface area contributed by atoms with E-state index in [2.05, 4.69) is 5.18 Å². The molecule has 12 heavy (non-hydrogen) atoms. The lowest BCUT2D eigenvalue weighted by molar-refractivity contribution is 0.201. The zero-order chi connectivity index (χ0) is 8.81. The summed E-state index contributed by atoms with van der Waals surface area (Å²) in [6.45, 7) is 0.238. The topological polar surface area (TPSA) is 58.9 Å². The molecule has 0 radical (unpaired) electrons. The summed E-state index contributed by atoms with van der Waals surface area (Å²) in [6, 6.07) is 6.37. The summed E-state index contributed by atoms with van der Waals surface area (Å²) in [6.07, 6.45) is 0. The SMILES string of the molecule is O=Nc1ccc(OCCO)cc1. The molecule has 0 aromatic heterocycles. The van der Waals surface area contributed by atoms with Gasteiger partial charge in [0, 0.05) is 0 Å². The first-order valence-corrected chi connectivity index (χ1v) is 3.54. The standard InChI is InChI=1S/C8H9NO3/c10-5-6-12-8-3-1-7(9-11)2-4-8/h1-4,10H,5-6H2. The number of nitroso groups, excluding NO2 is 1. The highest BCUT2D eigenvalue weighted by atomic mass is 16.5. The first-order valence-electron chi connectivity index (χ1n) is 3.54. The van der Waals surface area contributed by atoms with Crippen molar-refractivity contribution >= 4 is 5.69 Å². The van der Waals surface area contributed by atoms with Crippen molar-refractivity contribution in [3.63, 3.8) is 0 Å². The molecule has 0 fully saturated rings. The number of benzene rings is 1. The molecule has 1 N–H and O–H groups in total. The van der Waals surface area contributed by atoms with Crippen molar-refractivity contribution in [2.24, 2.45) is 5.18 Å². The van der Waals surface area contributed by atoms with E-state index in [9.17, 15) is 4.91 Å². The van der Waals surface area contributed by atoms with E-state index < -0.39 is 0 Å². The summed E-state index contributed by atoms with van der Waals surface area (Å²) in [4.78, 5) is 10.0. The molecule has 4 nitrogen and oxygen atoms in total. The summed E-state index contributed by atoms with van der Waals surface area (Å²) < 4.78 is 5.06. The van der Waals surface area contributed by atoms with Gasteiger partial charge in [-0.2, -0.15) is 0 Å². The molecule has 0 spiro atoms. The van der Waals surface area contributed by atoms with Crippen LogP contribution in [0, 0.1) is 4.91 Å². The van der Waals surface area contributed by atoms with Gasteiger partial charge in [0.05, 0.1) is 6.61 Å². The van der Waals surface area contributed by atoms with Crippen LogP contribution < -0.4 is 4.74 Å². The number of hydrogen-bond acceptors (Lipinski definition) is 4. The van der Waals surface area contributed by atoms with Crippen molar-refractivity contribution in [2.75, 3.05) is 13.2 Å². The average molecular weight is 167 g/mol. The van der Waals surface area contributed by atoms with Crippen molar-refractivity contribution in [2.45, 2.75) is 0 Å². The molecule has 64 valence electrons. The van der Waals surface area contributed by atoms with Crippen LogP contribution in [0.15, 0.2) is 29.4 Å². The van der Waals surface area contributed by atoms with Crippen molar-refractivity contribution in [3.8, 4) is 5.75 Å². The zero-order valence-electron chi connectivity index (χ0n) is 6.43. The number of ether oxygens (including phenoxy) is 1. The number of nitrogens with zero attached hydrogens (tertiary/aromatic N) is 1. The van der Waals surface area contributed by atoms with Crippen LogP contribution in [0.4, 0.5) is 5.69 Å². The third-order valence-electron chi connectivity index (χ3n) is 1.30. The largest absolute Gasteiger partial charge is 0.491 e. The smallest absolute Gasteiger partial charge is 0.119 e. The van der Waals surface area contributed by atoms with Gasteiger partial charge in [0.2, 0.25) is 0 Å². The van der Waals surface area contributed by atoms with E-state index in [1.165, 1.54) is 0 Å². The Morgan fingerprint density at radius 2 is 2.00 bits per heavy atom. The lowest BCUT2D eigenvalue weighted by atomic mass is 10.3. The van der Waals surface area contributed by atoms with Gasteiger partial charge in [-0.05, 0) is 29.4 Å². The second-order valence-electron chi connectivity index (χ2n) is 2.16. The Morgan fingerprint density at radius 3 is 2.50 bits per heavy atom. The molecule has 0 aliphatic rings. The minimum Gasteiger partial charge on any atom is -0.491 e. The summed E-state index contributed by atoms with van der Waals surface area (Å²) in [5.74, 6) is 0.622. The van der Waals surface area contributed by atoms with Gasteiger partial charge in [-0.3, -0.25) is 0 Å². The Bertz CT molecular complexity index is 245. The highest BCUT2D eigenvalue weighted by Gasteiger charge is 1.93. The molecule has 0 saturated carbocycles. The average Bonchev–Trinajstić information content (AvgIpc) is 2.15. The third-order valence-corrected chi connectivity index (χ3v) is 1.30. The highest BCUT2D eigenvalue weighted by molar-refractivity contribution is 5.40. The van der Waals surface area contributed by atoms with Crippen molar-refractivity contribution in [1.82, 2.24) is 0 Å². The van der Waals surface area contributed by atoms with Gasteiger partial charge in [0.25, 0.3) is 0 Å². The van der Waals surface area contributed by atoms with Gasteiger partial charge < -0.3 is 9.84 Å². The number of rotatable bonds is 4. The predicted molar refractivity (Wildman–Crippen MR) is 44.5 cm³/mol. The maximum absolute atomic E-state index is 10.0. The monoisotopic (exact) mass is 167 g/mol. The van der Waals surface area contributed by atoms with Crippen molar-refractivity contribution in [1.29, 1.82) is 0 Å². The normalized spacial score (nSPS) is 9.42. The lowest BCUT2D eigenvalue weighted by Gasteiger charge is -2.02. The molecular weight excluding hydrogens is 158 g/mol. The second kappa shape index (κ2) is 4.46. The van der Waals surface area contributed by atoms with Gasteiger partial charge in [-0.1, -0.05) is 0 Å². The van der Waals surface area contributed by atoms with E-state index in [1.807, 2.05) is 0 Å². The van der Waals surface area contributed by atoms with E-state index in [1.54, 1.807) is 24.3 Å². The van der Waals surface area contributed by atoms with E-state index in [0.29, 0.717) is 11.4 Å². The van der Waals surface area contributed by atoms with E-state index in [-0.39, 0.29) is 13.2 Å². The number of hydrogen-bond donors (Lipinski definition) is 1. The van der Waals surface area contributed by atoms with Crippen molar-refractivity contribution < 1.29 is 9.84 Å². The minimum absolute atomic E-state index is 0.0202. The zero-order valence-corrected chi connectivity index (χ0v) is 6.43. The van der Waals surface area contributed by atoms with Crippen LogP contribution in [0.1, 0.15) is 0 Å². The van der Waals surface area contributed by atoms with Crippen LogP contribution in [0.3, 0.4) is 0 Å². The highest BCUT2D eigenvalue weighted by Crippen LogP contribution is 2.17. The summed E-state index contributed by atoms with van der Waals surface area (Å²) in [7, 11) is 0. The van der Waals surface area contributed by atoms with Gasteiger partial charge in [-0.15, -0.1) is 4.91 Å². The van der Waals surface area contributed by atoms with Crippen LogP contribution in [-0.2, 0) is 0 Å². The molecule has 0 bridgehead atoms. The molecule has 0 aliphatic carbocycles. The molecule has 0 atom stereocenters. The summed E-state index contributed by atoms with van der Waals surface area (Å²) in [5, 5.41) is 11.2. The molecule has 0 aliphatic heterocycles. The molecule has 0 amide bonds. The Labute approximate surface area is 69.8 Å². The predicted octanol–water partition coefficient (Wildman–Crippen LogP) is 1.46. The number of aliphatic hydroxyl groups is 1. The van der Waals surface area contributed by atoms with E-state index in [0.717, 1.165) is 0 Å². The molecule has 4 heteroatoms. The molecule has 0 saturated heterocycles. The molecule has 0 unspecified atom stereocenters. The van der Waals surface area contributed by atoms with Crippen LogP contribution >= 0.6 is 0 Å². The Morgan fingerprint density at radius 1 is 1.33 bits per heavy atom. The molecular formula is C8H9NO3. The number of aliphatic hydroxyl groups excluding tert-OH is 1. The fourth-order valence-electron chi connectivity index (χ4n) is 0.767. The third kappa shape index (κ3) is 2.32. The Balaban J connectivity index is 2.58. The molecule has 0 heterocycles. The van der Waals surface area contributed by atoms with Gasteiger partial charge >= 0.3 is 0 Å².